The first-order chi connectivity index (χ1) is 10.1. The lowest BCUT2D eigenvalue weighted by Gasteiger charge is -2.34. The highest BCUT2D eigenvalue weighted by atomic mass is 19.3. The molecule has 1 aromatic carbocycles. The number of hydrogen-bond donors (Lipinski definition) is 1. The highest BCUT2D eigenvalue weighted by Gasteiger charge is 2.20. The van der Waals surface area contributed by atoms with Crippen LogP contribution in [-0.2, 0) is 11.3 Å². The van der Waals surface area contributed by atoms with Crippen molar-refractivity contribution in [1.82, 2.24) is 9.80 Å². The van der Waals surface area contributed by atoms with Crippen LogP contribution in [0.15, 0.2) is 24.3 Å². The number of carbonyl (C=O) groups excluding carboxylic acids is 1. The Hall–Kier alpha value is -1.73. The molecule has 0 saturated carbocycles. The van der Waals surface area contributed by atoms with E-state index in [-0.39, 0.29) is 11.7 Å². The highest BCUT2D eigenvalue weighted by Crippen LogP contribution is 2.17. The number of aliphatic hydroxyl groups is 1. The van der Waals surface area contributed by atoms with Crippen molar-refractivity contribution < 1.29 is 23.4 Å². The maximum absolute atomic E-state index is 12.2. The van der Waals surface area contributed by atoms with Gasteiger partial charge >= 0.3 is 6.61 Å². The predicted octanol–water partition coefficient (Wildman–Crippen LogP) is 0.924. The molecule has 0 aromatic heterocycles. The molecule has 21 heavy (non-hydrogen) atoms. The Bertz CT molecular complexity index is 477. The van der Waals surface area contributed by atoms with Gasteiger partial charge < -0.3 is 14.7 Å². The minimum atomic E-state index is -2.83. The van der Waals surface area contributed by atoms with Gasteiger partial charge in [-0.25, -0.2) is 0 Å². The standard InChI is InChI=1S/C14H18F2N2O3/c15-14(16)21-12-3-1-2-11(8-12)9-17-4-6-18(7-5-17)13(20)10-19/h1-3,8,14,19H,4-7,9-10H2. The number of carbonyl (C=O) groups is 1. The van der Waals surface area contributed by atoms with E-state index in [1.54, 1.807) is 17.0 Å². The van der Waals surface area contributed by atoms with Gasteiger partial charge in [-0.3, -0.25) is 9.69 Å². The first-order valence-electron chi connectivity index (χ1n) is 6.73. The molecule has 0 atom stereocenters. The Morgan fingerprint density at radius 2 is 2.00 bits per heavy atom. The van der Waals surface area contributed by atoms with Crippen LogP contribution in [0.1, 0.15) is 5.56 Å². The summed E-state index contributed by atoms with van der Waals surface area (Å²) in [6.45, 7) is -0.182. The van der Waals surface area contributed by atoms with Crippen LogP contribution in [0.5, 0.6) is 5.75 Å². The molecular weight excluding hydrogens is 282 g/mol. The molecule has 1 saturated heterocycles. The number of piperazine rings is 1. The first-order valence-corrected chi connectivity index (χ1v) is 6.73. The van der Waals surface area contributed by atoms with Crippen molar-refractivity contribution in [2.45, 2.75) is 13.2 Å². The summed E-state index contributed by atoms with van der Waals surface area (Å²) in [5, 5.41) is 8.81. The maximum atomic E-state index is 12.2. The number of amides is 1. The average molecular weight is 300 g/mol. The van der Waals surface area contributed by atoms with Crippen molar-refractivity contribution in [2.24, 2.45) is 0 Å². The number of hydrogen-bond acceptors (Lipinski definition) is 4. The van der Waals surface area contributed by atoms with Crippen molar-refractivity contribution in [3.05, 3.63) is 29.8 Å². The molecule has 0 unspecified atom stereocenters. The summed E-state index contributed by atoms with van der Waals surface area (Å²) in [6, 6.07) is 6.62. The van der Waals surface area contributed by atoms with E-state index in [1.165, 1.54) is 6.07 Å². The van der Waals surface area contributed by atoms with Gasteiger partial charge in [0.25, 0.3) is 0 Å². The number of benzene rings is 1. The molecule has 5 nitrogen and oxygen atoms in total. The zero-order valence-corrected chi connectivity index (χ0v) is 11.5. The van der Waals surface area contributed by atoms with Gasteiger partial charge in [-0.05, 0) is 17.7 Å². The summed E-state index contributed by atoms with van der Waals surface area (Å²) in [6.07, 6.45) is 0. The second kappa shape index (κ2) is 7.33. The number of halogens is 2. The summed E-state index contributed by atoms with van der Waals surface area (Å²) in [7, 11) is 0. The fourth-order valence-electron chi connectivity index (χ4n) is 2.33. The normalized spacial score (nSPS) is 16.3. The molecule has 1 aromatic rings. The summed E-state index contributed by atoms with van der Waals surface area (Å²) in [5.41, 5.74) is 0.884. The average Bonchev–Trinajstić information content (AvgIpc) is 2.47. The van der Waals surface area contributed by atoms with Gasteiger partial charge in [-0.1, -0.05) is 12.1 Å². The van der Waals surface area contributed by atoms with Crippen LogP contribution in [-0.4, -0.2) is 60.2 Å². The molecule has 1 aliphatic heterocycles. The molecule has 7 heteroatoms. The van der Waals surface area contributed by atoms with E-state index in [0.29, 0.717) is 32.7 Å². The molecule has 1 heterocycles. The SMILES string of the molecule is O=C(CO)N1CCN(Cc2cccc(OC(F)F)c2)CC1. The van der Waals surface area contributed by atoms with E-state index in [9.17, 15) is 13.6 Å². The van der Waals surface area contributed by atoms with Crippen molar-refractivity contribution in [1.29, 1.82) is 0 Å². The molecular formula is C14H18F2N2O3. The number of alkyl halides is 2. The molecule has 1 aliphatic rings. The Kier molecular flexibility index (Phi) is 5.46. The molecule has 1 fully saturated rings. The van der Waals surface area contributed by atoms with Gasteiger partial charge in [-0.15, -0.1) is 0 Å². The van der Waals surface area contributed by atoms with E-state index in [2.05, 4.69) is 9.64 Å². The maximum Gasteiger partial charge on any atom is 0.387 e. The van der Waals surface area contributed by atoms with Crippen molar-refractivity contribution in [3.63, 3.8) is 0 Å². The third-order valence-corrected chi connectivity index (χ3v) is 3.39. The Balaban J connectivity index is 1.87. The fourth-order valence-corrected chi connectivity index (χ4v) is 2.33. The molecule has 1 N–H and O–H groups in total. The lowest BCUT2D eigenvalue weighted by atomic mass is 10.2. The van der Waals surface area contributed by atoms with Gasteiger partial charge in [0.15, 0.2) is 0 Å². The van der Waals surface area contributed by atoms with Crippen molar-refractivity contribution in [2.75, 3.05) is 32.8 Å². The smallest absolute Gasteiger partial charge is 0.387 e. The van der Waals surface area contributed by atoms with Gasteiger partial charge in [-0.2, -0.15) is 8.78 Å². The molecule has 2 rings (SSSR count). The number of ether oxygens (including phenoxy) is 1. The Morgan fingerprint density at radius 1 is 1.29 bits per heavy atom. The summed E-state index contributed by atoms with van der Waals surface area (Å²) < 4.78 is 28.7. The predicted molar refractivity (Wildman–Crippen MR) is 72.0 cm³/mol. The van der Waals surface area contributed by atoms with Crippen LogP contribution in [0, 0.1) is 0 Å². The molecule has 116 valence electrons. The Labute approximate surface area is 121 Å². The van der Waals surface area contributed by atoms with Crippen LogP contribution in [0.3, 0.4) is 0 Å². The third-order valence-electron chi connectivity index (χ3n) is 3.39. The van der Waals surface area contributed by atoms with Crippen LogP contribution < -0.4 is 4.74 Å². The molecule has 1 amide bonds. The number of rotatable bonds is 5. The molecule has 0 aliphatic carbocycles. The quantitative estimate of drug-likeness (QED) is 0.879. The van der Waals surface area contributed by atoms with Crippen LogP contribution >= 0.6 is 0 Å². The van der Waals surface area contributed by atoms with E-state index in [1.807, 2.05) is 6.07 Å². The van der Waals surface area contributed by atoms with Crippen LogP contribution in [0.4, 0.5) is 8.78 Å². The van der Waals surface area contributed by atoms with Gasteiger partial charge in [0.05, 0.1) is 0 Å². The summed E-state index contributed by atoms with van der Waals surface area (Å²) in [4.78, 5) is 15.1. The fraction of sp³-hybridized carbons (Fsp3) is 0.500. The second-order valence-electron chi connectivity index (χ2n) is 4.84. The third kappa shape index (κ3) is 4.64. The van der Waals surface area contributed by atoms with E-state index >= 15 is 0 Å². The summed E-state index contributed by atoms with van der Waals surface area (Å²) in [5.74, 6) is -0.112. The van der Waals surface area contributed by atoms with Crippen LogP contribution in [0.25, 0.3) is 0 Å². The Morgan fingerprint density at radius 3 is 2.62 bits per heavy atom. The molecule has 0 radical (unpaired) electrons. The van der Waals surface area contributed by atoms with Crippen molar-refractivity contribution >= 4 is 5.91 Å². The lowest BCUT2D eigenvalue weighted by molar-refractivity contribution is -0.135. The molecule has 0 spiro atoms. The van der Waals surface area contributed by atoms with Gasteiger partial charge in [0.1, 0.15) is 12.4 Å². The summed E-state index contributed by atoms with van der Waals surface area (Å²) >= 11 is 0. The van der Waals surface area contributed by atoms with E-state index < -0.39 is 13.2 Å². The number of aliphatic hydroxyl groups excluding tert-OH is 1. The lowest BCUT2D eigenvalue weighted by Crippen LogP contribution is -2.49. The highest BCUT2D eigenvalue weighted by molar-refractivity contribution is 5.77. The van der Waals surface area contributed by atoms with Gasteiger partial charge in [0.2, 0.25) is 5.91 Å². The van der Waals surface area contributed by atoms with Crippen molar-refractivity contribution in [3.8, 4) is 5.75 Å². The van der Waals surface area contributed by atoms with Gasteiger partial charge in [0, 0.05) is 32.7 Å². The van der Waals surface area contributed by atoms with E-state index in [0.717, 1.165) is 5.56 Å². The zero-order valence-electron chi connectivity index (χ0n) is 11.5. The topological polar surface area (TPSA) is 53.0 Å². The monoisotopic (exact) mass is 300 g/mol. The van der Waals surface area contributed by atoms with Crippen LogP contribution in [0.2, 0.25) is 0 Å². The largest absolute Gasteiger partial charge is 0.435 e. The minimum Gasteiger partial charge on any atom is -0.435 e. The number of nitrogens with zero attached hydrogens (tertiary/aromatic N) is 2. The minimum absolute atomic E-state index is 0.150. The second-order valence-corrected chi connectivity index (χ2v) is 4.84. The van der Waals surface area contributed by atoms with E-state index in [4.69, 9.17) is 5.11 Å². The molecule has 0 bridgehead atoms. The zero-order chi connectivity index (χ0) is 15.2. The first kappa shape index (κ1) is 15.7.